The van der Waals surface area contributed by atoms with Crippen LogP contribution in [0.5, 0.6) is 0 Å². The van der Waals surface area contributed by atoms with E-state index in [-0.39, 0.29) is 17.9 Å². The molecule has 3 heterocycles. The molecule has 23 heavy (non-hydrogen) atoms. The highest BCUT2D eigenvalue weighted by Crippen LogP contribution is 2.36. The molecule has 1 fully saturated rings. The zero-order valence-corrected chi connectivity index (χ0v) is 13.1. The van der Waals surface area contributed by atoms with E-state index in [2.05, 4.69) is 21.4 Å². The van der Waals surface area contributed by atoms with Crippen LogP contribution in [0.1, 0.15) is 23.9 Å². The molecule has 0 saturated carbocycles. The van der Waals surface area contributed by atoms with Crippen LogP contribution in [0.4, 0.5) is 5.69 Å². The number of hydrogen-bond donors (Lipinski definition) is 1. The molecule has 2 aromatic rings. The molecule has 1 N–H and O–H groups in total. The number of aromatic nitrogens is 3. The smallest absolute Gasteiger partial charge is 0.223 e. The van der Waals surface area contributed by atoms with Crippen molar-refractivity contribution in [2.24, 2.45) is 13.0 Å². The van der Waals surface area contributed by atoms with Crippen molar-refractivity contribution in [1.82, 2.24) is 19.4 Å². The molecule has 2 aromatic heterocycles. The molecular formula is C16H18N6O. The summed E-state index contributed by atoms with van der Waals surface area (Å²) in [4.78, 5) is 22.2. The van der Waals surface area contributed by atoms with Gasteiger partial charge in [-0.05, 0) is 6.07 Å². The van der Waals surface area contributed by atoms with Gasteiger partial charge in [0, 0.05) is 57.8 Å². The van der Waals surface area contributed by atoms with E-state index in [9.17, 15) is 4.79 Å². The number of hydrogen-bond acceptors (Lipinski definition) is 5. The number of rotatable bonds is 4. The number of nitrogens with one attached hydrogen (secondary N) is 1. The molecule has 0 aromatic carbocycles. The number of carbonyl (C=O) groups is 1. The Kier molecular flexibility index (Phi) is 3.98. The van der Waals surface area contributed by atoms with Crippen molar-refractivity contribution in [2.75, 3.05) is 18.9 Å². The molecule has 0 unspecified atom stereocenters. The maximum atomic E-state index is 12.1. The Hall–Kier alpha value is -2.88. The third-order valence-corrected chi connectivity index (χ3v) is 4.31. The van der Waals surface area contributed by atoms with Gasteiger partial charge in [0.25, 0.3) is 0 Å². The minimum Gasteiger partial charge on any atom is -0.383 e. The van der Waals surface area contributed by atoms with E-state index in [0.29, 0.717) is 18.5 Å². The standard InChI is InChI=1S/C16H18N6O/c1-21-6-5-19-16(21)15-11(7-14(23)22(15)2)10-20-13-3-4-18-9-12(13)8-17/h3-6,9,11,15H,7,10H2,1-2H3,(H,18,20)/t11-,15+/m0/s1. The van der Waals surface area contributed by atoms with E-state index < -0.39 is 0 Å². The number of amides is 1. The van der Waals surface area contributed by atoms with Gasteiger partial charge in [0.05, 0.1) is 17.3 Å². The summed E-state index contributed by atoms with van der Waals surface area (Å²) in [5.41, 5.74) is 1.24. The summed E-state index contributed by atoms with van der Waals surface area (Å²) >= 11 is 0. The molecule has 2 atom stereocenters. The Balaban J connectivity index is 1.80. The second kappa shape index (κ2) is 6.08. The second-order valence-corrected chi connectivity index (χ2v) is 5.72. The van der Waals surface area contributed by atoms with Crippen molar-refractivity contribution < 1.29 is 4.79 Å². The first-order valence-corrected chi connectivity index (χ1v) is 7.42. The first kappa shape index (κ1) is 15.0. The van der Waals surface area contributed by atoms with E-state index >= 15 is 0 Å². The van der Waals surface area contributed by atoms with E-state index in [0.717, 1.165) is 11.5 Å². The molecule has 0 aliphatic carbocycles. The fourth-order valence-electron chi connectivity index (χ4n) is 3.06. The van der Waals surface area contributed by atoms with E-state index in [1.54, 1.807) is 23.4 Å². The topological polar surface area (TPSA) is 86.8 Å². The number of aryl methyl sites for hydroxylation is 1. The van der Waals surface area contributed by atoms with E-state index in [1.165, 1.54) is 6.20 Å². The summed E-state index contributed by atoms with van der Waals surface area (Å²) in [6, 6.07) is 3.82. The fourth-order valence-corrected chi connectivity index (χ4v) is 3.06. The molecule has 0 radical (unpaired) electrons. The second-order valence-electron chi connectivity index (χ2n) is 5.72. The van der Waals surface area contributed by atoms with Gasteiger partial charge in [-0.15, -0.1) is 0 Å². The van der Waals surface area contributed by atoms with Crippen molar-refractivity contribution in [3.8, 4) is 6.07 Å². The molecule has 3 rings (SSSR count). The highest BCUT2D eigenvalue weighted by molar-refractivity contribution is 5.79. The Morgan fingerprint density at radius 3 is 2.96 bits per heavy atom. The Morgan fingerprint density at radius 2 is 2.26 bits per heavy atom. The lowest BCUT2D eigenvalue weighted by Gasteiger charge is -2.25. The quantitative estimate of drug-likeness (QED) is 0.920. The van der Waals surface area contributed by atoms with Gasteiger partial charge in [0.2, 0.25) is 5.91 Å². The summed E-state index contributed by atoms with van der Waals surface area (Å²) in [6.45, 7) is 0.590. The van der Waals surface area contributed by atoms with Gasteiger partial charge in [-0.25, -0.2) is 4.98 Å². The monoisotopic (exact) mass is 310 g/mol. The van der Waals surface area contributed by atoms with Crippen LogP contribution in [0.3, 0.4) is 0 Å². The number of nitriles is 1. The van der Waals surface area contributed by atoms with Crippen LogP contribution in [0, 0.1) is 17.2 Å². The molecule has 7 heteroatoms. The van der Waals surface area contributed by atoms with E-state index in [4.69, 9.17) is 5.26 Å². The van der Waals surface area contributed by atoms with Crippen LogP contribution in [0.25, 0.3) is 0 Å². The lowest BCUT2D eigenvalue weighted by Crippen LogP contribution is -2.28. The third kappa shape index (κ3) is 2.75. The van der Waals surface area contributed by atoms with Crippen molar-refractivity contribution in [1.29, 1.82) is 5.26 Å². The largest absolute Gasteiger partial charge is 0.383 e. The summed E-state index contributed by atoms with van der Waals surface area (Å²) < 4.78 is 1.94. The third-order valence-electron chi connectivity index (χ3n) is 4.31. The van der Waals surface area contributed by atoms with E-state index in [1.807, 2.05) is 24.9 Å². The van der Waals surface area contributed by atoms with Crippen LogP contribution < -0.4 is 5.32 Å². The number of likely N-dealkylation sites (tertiary alicyclic amines) is 1. The lowest BCUT2D eigenvalue weighted by molar-refractivity contribution is -0.127. The Morgan fingerprint density at radius 1 is 1.43 bits per heavy atom. The maximum absolute atomic E-state index is 12.1. The summed E-state index contributed by atoms with van der Waals surface area (Å²) in [7, 11) is 3.74. The highest BCUT2D eigenvalue weighted by Gasteiger charge is 2.40. The zero-order valence-electron chi connectivity index (χ0n) is 13.1. The average molecular weight is 310 g/mol. The molecule has 1 saturated heterocycles. The number of carbonyl (C=O) groups excluding carboxylic acids is 1. The molecule has 7 nitrogen and oxygen atoms in total. The van der Waals surface area contributed by atoms with Crippen molar-refractivity contribution in [2.45, 2.75) is 12.5 Å². The Labute approximate surface area is 134 Å². The van der Waals surface area contributed by atoms with Gasteiger partial charge in [-0.2, -0.15) is 5.26 Å². The molecule has 0 bridgehead atoms. The van der Waals surface area contributed by atoms with Crippen LogP contribution >= 0.6 is 0 Å². The minimum atomic E-state index is -0.0672. The minimum absolute atomic E-state index is 0.0672. The molecule has 1 aliphatic heterocycles. The van der Waals surface area contributed by atoms with Crippen molar-refractivity contribution >= 4 is 11.6 Å². The number of imidazole rings is 1. The number of pyridine rings is 1. The maximum Gasteiger partial charge on any atom is 0.223 e. The predicted octanol–water partition coefficient (Wildman–Crippen LogP) is 1.32. The van der Waals surface area contributed by atoms with Crippen molar-refractivity contribution in [3.63, 3.8) is 0 Å². The first-order chi connectivity index (χ1) is 11.1. The highest BCUT2D eigenvalue weighted by atomic mass is 16.2. The van der Waals surface area contributed by atoms with Gasteiger partial charge >= 0.3 is 0 Å². The lowest BCUT2D eigenvalue weighted by atomic mass is 9.99. The summed E-state index contributed by atoms with van der Waals surface area (Å²) in [5.74, 6) is 1.08. The first-order valence-electron chi connectivity index (χ1n) is 7.42. The van der Waals surface area contributed by atoms with Crippen molar-refractivity contribution in [3.05, 3.63) is 42.2 Å². The number of anilines is 1. The Bertz CT molecular complexity index is 762. The predicted molar refractivity (Wildman–Crippen MR) is 84.3 cm³/mol. The fraction of sp³-hybridized carbons (Fsp3) is 0.375. The van der Waals surface area contributed by atoms with Gasteiger partial charge in [-0.1, -0.05) is 0 Å². The van der Waals surface area contributed by atoms with Gasteiger partial charge in [0.15, 0.2) is 0 Å². The van der Waals surface area contributed by atoms with Crippen LogP contribution in [0.15, 0.2) is 30.9 Å². The molecule has 1 aliphatic rings. The van der Waals surface area contributed by atoms with Gasteiger partial charge < -0.3 is 14.8 Å². The molecule has 118 valence electrons. The van der Waals surface area contributed by atoms with Gasteiger partial charge in [0.1, 0.15) is 11.9 Å². The molecule has 0 spiro atoms. The normalized spacial score (nSPS) is 20.6. The van der Waals surface area contributed by atoms with Gasteiger partial charge in [-0.3, -0.25) is 9.78 Å². The van der Waals surface area contributed by atoms with Crippen LogP contribution in [-0.2, 0) is 11.8 Å². The van der Waals surface area contributed by atoms with Crippen LogP contribution in [-0.4, -0.2) is 38.9 Å². The SMILES string of the molecule is CN1C(=O)C[C@@H](CNc2ccncc2C#N)[C@@H]1c1nccn1C. The van der Waals surface area contributed by atoms with Crippen LogP contribution in [0.2, 0.25) is 0 Å². The average Bonchev–Trinajstić information content (AvgIpc) is 3.09. The number of nitrogens with zero attached hydrogens (tertiary/aromatic N) is 5. The molecule has 1 amide bonds. The zero-order chi connectivity index (χ0) is 16.4. The molecular weight excluding hydrogens is 292 g/mol. The summed E-state index contributed by atoms with van der Waals surface area (Å²) in [6.07, 6.45) is 7.27. The summed E-state index contributed by atoms with van der Waals surface area (Å²) in [5, 5.41) is 12.4.